The molecular formula is C18H12ClN3O5S. The Morgan fingerprint density at radius 1 is 1.11 bits per heavy atom. The molecule has 0 aliphatic heterocycles. The first-order valence-corrected chi connectivity index (χ1v) is 8.94. The first-order chi connectivity index (χ1) is 13.4. The fourth-order valence-electron chi connectivity index (χ4n) is 2.33. The number of carboxylic acids is 1. The summed E-state index contributed by atoms with van der Waals surface area (Å²) in [6.07, 6.45) is 2.37. The Labute approximate surface area is 167 Å². The normalized spacial score (nSPS) is 10.4. The number of methoxy groups -OCH3 is 1. The predicted molar refractivity (Wildman–Crippen MR) is 103 cm³/mol. The zero-order valence-corrected chi connectivity index (χ0v) is 15.9. The molecule has 0 bridgehead atoms. The molecule has 0 saturated carbocycles. The minimum Gasteiger partial charge on any atom is -0.476 e. The number of hydrogen-bond acceptors (Lipinski definition) is 7. The van der Waals surface area contributed by atoms with E-state index in [-0.39, 0.29) is 16.3 Å². The summed E-state index contributed by atoms with van der Waals surface area (Å²) in [4.78, 5) is 44.2. The molecule has 142 valence electrons. The van der Waals surface area contributed by atoms with Crippen molar-refractivity contribution in [3.05, 3.63) is 64.0 Å². The molecule has 3 rings (SSSR count). The Hall–Kier alpha value is -3.30. The molecule has 2 heterocycles. The number of carbonyl (C=O) groups is 3. The summed E-state index contributed by atoms with van der Waals surface area (Å²) in [5.74, 6) is -2.84. The maximum absolute atomic E-state index is 12.6. The Bertz CT molecular complexity index is 1070. The Morgan fingerprint density at radius 3 is 2.36 bits per heavy atom. The lowest BCUT2D eigenvalue weighted by atomic mass is 10.2. The van der Waals surface area contributed by atoms with E-state index in [4.69, 9.17) is 16.3 Å². The van der Waals surface area contributed by atoms with E-state index in [9.17, 15) is 19.5 Å². The second kappa shape index (κ2) is 8.15. The standard InChI is InChI=1S/C18H12ClN3O5S/c1-27-18(26)15-11(8-12(28-15)9-2-4-10(19)5-3-9)22-16(23)13-14(17(24)25)21-7-6-20-13/h2-8H,1H3,(H,22,23)(H,24,25). The van der Waals surface area contributed by atoms with Crippen molar-refractivity contribution in [2.75, 3.05) is 12.4 Å². The summed E-state index contributed by atoms with van der Waals surface area (Å²) in [5, 5.41) is 12.2. The molecule has 8 nitrogen and oxygen atoms in total. The Morgan fingerprint density at radius 2 is 1.75 bits per heavy atom. The van der Waals surface area contributed by atoms with Gasteiger partial charge in [-0.1, -0.05) is 23.7 Å². The van der Waals surface area contributed by atoms with E-state index < -0.39 is 23.5 Å². The molecule has 0 spiro atoms. The first-order valence-electron chi connectivity index (χ1n) is 7.74. The SMILES string of the molecule is COC(=O)c1sc(-c2ccc(Cl)cc2)cc1NC(=O)c1nccnc1C(=O)O. The molecule has 2 N–H and O–H groups in total. The minimum absolute atomic E-state index is 0.154. The van der Waals surface area contributed by atoms with Crippen LogP contribution >= 0.6 is 22.9 Å². The highest BCUT2D eigenvalue weighted by atomic mass is 35.5. The van der Waals surface area contributed by atoms with Crippen molar-refractivity contribution in [2.24, 2.45) is 0 Å². The number of halogens is 1. The second-order valence-corrected chi connectivity index (χ2v) is 6.85. The summed E-state index contributed by atoms with van der Waals surface area (Å²) < 4.78 is 4.77. The summed E-state index contributed by atoms with van der Waals surface area (Å²) in [6, 6.07) is 8.53. The van der Waals surface area contributed by atoms with Gasteiger partial charge in [-0.3, -0.25) is 4.79 Å². The molecule has 1 aromatic carbocycles. The number of amides is 1. The summed E-state index contributed by atoms with van der Waals surface area (Å²) in [5.41, 5.74) is 0.0948. The van der Waals surface area contributed by atoms with Gasteiger partial charge in [-0.2, -0.15) is 0 Å². The third-order valence-electron chi connectivity index (χ3n) is 3.60. The number of esters is 1. The van der Waals surface area contributed by atoms with Crippen molar-refractivity contribution < 1.29 is 24.2 Å². The molecule has 0 aliphatic rings. The lowest BCUT2D eigenvalue weighted by Gasteiger charge is -2.06. The number of benzene rings is 1. The minimum atomic E-state index is -1.39. The zero-order valence-electron chi connectivity index (χ0n) is 14.3. The van der Waals surface area contributed by atoms with Gasteiger partial charge in [0.1, 0.15) is 4.88 Å². The van der Waals surface area contributed by atoms with E-state index in [1.165, 1.54) is 19.5 Å². The van der Waals surface area contributed by atoms with Crippen LogP contribution in [0.2, 0.25) is 5.02 Å². The van der Waals surface area contributed by atoms with E-state index >= 15 is 0 Å². The lowest BCUT2D eigenvalue weighted by Crippen LogP contribution is -2.20. The molecular weight excluding hydrogens is 406 g/mol. The lowest BCUT2D eigenvalue weighted by molar-refractivity contribution is 0.0606. The van der Waals surface area contributed by atoms with E-state index in [2.05, 4.69) is 15.3 Å². The van der Waals surface area contributed by atoms with Gasteiger partial charge >= 0.3 is 11.9 Å². The van der Waals surface area contributed by atoms with Crippen molar-refractivity contribution in [3.63, 3.8) is 0 Å². The molecule has 2 aromatic heterocycles. The van der Waals surface area contributed by atoms with E-state index in [0.29, 0.717) is 9.90 Å². The molecule has 0 radical (unpaired) electrons. The fraction of sp³-hybridized carbons (Fsp3) is 0.0556. The number of carbonyl (C=O) groups excluding carboxylic acids is 2. The number of aromatic nitrogens is 2. The summed E-state index contributed by atoms with van der Waals surface area (Å²) >= 11 is 7.01. The van der Waals surface area contributed by atoms with E-state index in [1.54, 1.807) is 30.3 Å². The maximum atomic E-state index is 12.6. The Balaban J connectivity index is 1.99. The van der Waals surface area contributed by atoms with Gasteiger partial charge in [0.15, 0.2) is 11.4 Å². The fourth-order valence-corrected chi connectivity index (χ4v) is 3.49. The highest BCUT2D eigenvalue weighted by molar-refractivity contribution is 7.18. The van der Waals surface area contributed by atoms with Crippen molar-refractivity contribution in [3.8, 4) is 10.4 Å². The molecule has 3 aromatic rings. The van der Waals surface area contributed by atoms with Crippen LogP contribution < -0.4 is 5.32 Å². The number of rotatable bonds is 5. The van der Waals surface area contributed by atoms with Gasteiger partial charge in [0.25, 0.3) is 5.91 Å². The van der Waals surface area contributed by atoms with E-state index in [0.717, 1.165) is 16.9 Å². The average molecular weight is 418 g/mol. The average Bonchev–Trinajstić information content (AvgIpc) is 3.11. The number of nitrogens with zero attached hydrogens (tertiary/aromatic N) is 2. The maximum Gasteiger partial charge on any atom is 0.356 e. The molecule has 0 fully saturated rings. The molecule has 10 heteroatoms. The summed E-state index contributed by atoms with van der Waals surface area (Å²) in [7, 11) is 1.22. The van der Waals surface area contributed by atoms with Crippen molar-refractivity contribution in [1.82, 2.24) is 9.97 Å². The third-order valence-corrected chi connectivity index (χ3v) is 5.01. The second-order valence-electron chi connectivity index (χ2n) is 5.36. The predicted octanol–water partition coefficient (Wildman–Crippen LogP) is 3.60. The third kappa shape index (κ3) is 4.00. The van der Waals surface area contributed by atoms with Gasteiger partial charge in [0, 0.05) is 22.3 Å². The first kappa shape index (κ1) is 19.5. The topological polar surface area (TPSA) is 118 Å². The highest BCUT2D eigenvalue weighted by Gasteiger charge is 2.24. The van der Waals surface area contributed by atoms with Crippen molar-refractivity contribution in [2.45, 2.75) is 0 Å². The number of ether oxygens (including phenoxy) is 1. The molecule has 0 unspecified atom stereocenters. The molecule has 1 amide bonds. The van der Waals surface area contributed by atoms with Crippen LogP contribution in [0.1, 0.15) is 30.6 Å². The van der Waals surface area contributed by atoms with Gasteiger partial charge in [0.05, 0.1) is 12.8 Å². The highest BCUT2D eigenvalue weighted by Crippen LogP contribution is 2.36. The number of hydrogen-bond donors (Lipinski definition) is 2. The number of carboxylic acid groups (broad SMARTS) is 1. The monoisotopic (exact) mass is 417 g/mol. The smallest absolute Gasteiger partial charge is 0.356 e. The van der Waals surface area contributed by atoms with Crippen LogP contribution in [-0.4, -0.2) is 40.0 Å². The number of thiophene rings is 1. The number of anilines is 1. The van der Waals surface area contributed by atoms with Crippen LogP contribution in [0.5, 0.6) is 0 Å². The number of aromatic carboxylic acids is 1. The Kier molecular flexibility index (Phi) is 5.67. The van der Waals surface area contributed by atoms with Crippen LogP contribution in [-0.2, 0) is 4.74 Å². The summed E-state index contributed by atoms with van der Waals surface area (Å²) in [6.45, 7) is 0. The largest absolute Gasteiger partial charge is 0.476 e. The van der Waals surface area contributed by atoms with Gasteiger partial charge in [-0.05, 0) is 23.8 Å². The zero-order chi connectivity index (χ0) is 20.3. The van der Waals surface area contributed by atoms with Gasteiger partial charge in [0.2, 0.25) is 0 Å². The van der Waals surface area contributed by atoms with Crippen molar-refractivity contribution in [1.29, 1.82) is 0 Å². The molecule has 0 saturated heterocycles. The van der Waals surface area contributed by atoms with Crippen molar-refractivity contribution >= 4 is 46.5 Å². The van der Waals surface area contributed by atoms with Crippen LogP contribution in [0, 0.1) is 0 Å². The van der Waals surface area contributed by atoms with Gasteiger partial charge in [-0.25, -0.2) is 19.6 Å². The van der Waals surface area contributed by atoms with Crippen LogP contribution in [0.3, 0.4) is 0 Å². The quantitative estimate of drug-likeness (QED) is 0.609. The molecule has 0 atom stereocenters. The van der Waals surface area contributed by atoms with Crippen LogP contribution in [0.4, 0.5) is 5.69 Å². The van der Waals surface area contributed by atoms with Crippen LogP contribution in [0.15, 0.2) is 42.7 Å². The van der Waals surface area contributed by atoms with Crippen LogP contribution in [0.25, 0.3) is 10.4 Å². The molecule has 0 aliphatic carbocycles. The van der Waals surface area contributed by atoms with Gasteiger partial charge in [-0.15, -0.1) is 11.3 Å². The number of nitrogens with one attached hydrogen (secondary N) is 1. The van der Waals surface area contributed by atoms with E-state index in [1.807, 2.05) is 0 Å². The molecule has 28 heavy (non-hydrogen) atoms. The van der Waals surface area contributed by atoms with Gasteiger partial charge < -0.3 is 15.2 Å².